The molecule has 12 heavy (non-hydrogen) atoms. The molecule has 1 aromatic heterocycles. The van der Waals surface area contributed by atoms with Crippen molar-refractivity contribution in [1.82, 2.24) is 9.55 Å². The van der Waals surface area contributed by atoms with Gasteiger partial charge in [0.2, 0.25) is 0 Å². The maximum Gasteiger partial charge on any atom is 2.00 e. The molecule has 0 amide bonds. The molecule has 0 aromatic carbocycles. The predicted octanol–water partition coefficient (Wildman–Crippen LogP) is -4.62. The Morgan fingerprint density at radius 3 is 2.33 bits per heavy atom. The fourth-order valence-electron chi connectivity index (χ4n) is 0.861. The number of aromatic nitrogens is 2. The Bertz CT molecular complexity index is 191. The smallest absolute Gasteiger partial charge is 1.00 e. The minimum absolute atomic E-state index is 0. The Labute approximate surface area is 98.7 Å². The second-order valence-electron chi connectivity index (χ2n) is 2.20. The summed E-state index contributed by atoms with van der Waals surface area (Å²) in [4.78, 5) is 4.17. The monoisotopic (exact) mass is 258 g/mol. The predicted molar refractivity (Wildman–Crippen MR) is 37.2 cm³/mol. The number of hydrogen-bond acceptors (Lipinski definition) is 1. The molecular formula is C7H12Cl2N2Zn. The summed E-state index contributed by atoms with van der Waals surface area (Å²) in [5.74, 6) is 1.18. The standard InChI is InChI=1S/C7H12N2.2ClH.Zn/c1-3-4-7-8-5-6-9(7)2;;;/h5-6H,3-4H2,1-2H3;2*1H;/q;;;+2/p-2. The normalized spacial score (nSPS) is 7.50. The van der Waals surface area contributed by atoms with Crippen molar-refractivity contribution < 1.29 is 44.3 Å². The summed E-state index contributed by atoms with van der Waals surface area (Å²) in [5, 5.41) is 0. The largest absolute Gasteiger partial charge is 2.00 e. The van der Waals surface area contributed by atoms with E-state index in [0.717, 1.165) is 6.42 Å². The van der Waals surface area contributed by atoms with Crippen LogP contribution in [0.4, 0.5) is 0 Å². The van der Waals surface area contributed by atoms with Gasteiger partial charge in [-0.1, -0.05) is 6.92 Å². The Morgan fingerprint density at radius 1 is 1.42 bits per heavy atom. The Morgan fingerprint density at radius 2 is 2.00 bits per heavy atom. The molecule has 0 unspecified atom stereocenters. The van der Waals surface area contributed by atoms with Gasteiger partial charge in [-0.05, 0) is 6.42 Å². The third kappa shape index (κ3) is 5.13. The van der Waals surface area contributed by atoms with Crippen LogP contribution in [0.1, 0.15) is 19.2 Å². The van der Waals surface area contributed by atoms with Gasteiger partial charge in [-0.25, -0.2) is 4.98 Å². The van der Waals surface area contributed by atoms with Crippen LogP contribution in [-0.4, -0.2) is 9.55 Å². The Hall–Kier alpha value is 0.413. The topological polar surface area (TPSA) is 17.8 Å². The molecule has 0 fully saturated rings. The zero-order valence-electron chi connectivity index (χ0n) is 7.43. The maximum atomic E-state index is 4.17. The van der Waals surface area contributed by atoms with E-state index in [1.54, 1.807) is 0 Å². The number of imidazole rings is 1. The van der Waals surface area contributed by atoms with Crippen molar-refractivity contribution in [3.05, 3.63) is 18.2 Å². The fourth-order valence-corrected chi connectivity index (χ4v) is 0.861. The van der Waals surface area contributed by atoms with Crippen LogP contribution in [0, 0.1) is 0 Å². The molecule has 1 rings (SSSR count). The van der Waals surface area contributed by atoms with Crippen LogP contribution < -0.4 is 24.8 Å². The zero-order valence-corrected chi connectivity index (χ0v) is 11.9. The summed E-state index contributed by atoms with van der Waals surface area (Å²) in [6.07, 6.45) is 6.07. The first kappa shape index (κ1) is 18.2. The molecule has 1 heterocycles. The van der Waals surface area contributed by atoms with Crippen LogP contribution in [0.3, 0.4) is 0 Å². The summed E-state index contributed by atoms with van der Waals surface area (Å²) in [6.45, 7) is 2.16. The van der Waals surface area contributed by atoms with Gasteiger partial charge >= 0.3 is 19.5 Å². The molecule has 0 saturated carbocycles. The van der Waals surface area contributed by atoms with Crippen LogP contribution >= 0.6 is 0 Å². The zero-order chi connectivity index (χ0) is 6.69. The van der Waals surface area contributed by atoms with E-state index in [4.69, 9.17) is 0 Å². The number of rotatable bonds is 2. The van der Waals surface area contributed by atoms with Crippen molar-refractivity contribution in [3.8, 4) is 0 Å². The number of aryl methyl sites for hydroxylation is 2. The fraction of sp³-hybridized carbons (Fsp3) is 0.571. The summed E-state index contributed by atoms with van der Waals surface area (Å²) in [5.41, 5.74) is 0. The average Bonchev–Trinajstić information content (AvgIpc) is 2.18. The first-order chi connectivity index (χ1) is 4.34. The van der Waals surface area contributed by atoms with E-state index in [9.17, 15) is 0 Å². The van der Waals surface area contributed by atoms with Crippen molar-refractivity contribution in [2.75, 3.05) is 0 Å². The molecule has 0 aliphatic heterocycles. The molecular weight excluding hydrogens is 248 g/mol. The molecule has 66 valence electrons. The van der Waals surface area contributed by atoms with Crippen LogP contribution in [0.5, 0.6) is 0 Å². The first-order valence-electron chi connectivity index (χ1n) is 3.30. The van der Waals surface area contributed by atoms with Crippen molar-refractivity contribution >= 4 is 0 Å². The van der Waals surface area contributed by atoms with E-state index in [0.29, 0.717) is 0 Å². The minimum Gasteiger partial charge on any atom is -1.00 e. The van der Waals surface area contributed by atoms with E-state index in [1.807, 2.05) is 19.4 Å². The van der Waals surface area contributed by atoms with Crippen LogP contribution in [0.15, 0.2) is 12.4 Å². The molecule has 0 aliphatic carbocycles. The SMILES string of the molecule is CCCc1nccn1C.[Cl-].[Cl-].[Zn+2]. The number of halogens is 2. The van der Waals surface area contributed by atoms with E-state index in [-0.39, 0.29) is 44.3 Å². The molecule has 0 bridgehead atoms. The van der Waals surface area contributed by atoms with Gasteiger partial charge in [0.05, 0.1) is 0 Å². The molecule has 0 radical (unpaired) electrons. The van der Waals surface area contributed by atoms with E-state index in [1.165, 1.54) is 12.2 Å². The van der Waals surface area contributed by atoms with Crippen molar-refractivity contribution in [3.63, 3.8) is 0 Å². The van der Waals surface area contributed by atoms with Crippen LogP contribution in [0.2, 0.25) is 0 Å². The molecule has 2 nitrogen and oxygen atoms in total. The van der Waals surface area contributed by atoms with Gasteiger partial charge in [-0.2, -0.15) is 0 Å². The third-order valence-electron chi connectivity index (χ3n) is 1.39. The van der Waals surface area contributed by atoms with E-state index >= 15 is 0 Å². The molecule has 0 saturated heterocycles. The second-order valence-corrected chi connectivity index (χ2v) is 2.20. The summed E-state index contributed by atoms with van der Waals surface area (Å²) in [7, 11) is 2.03. The van der Waals surface area contributed by atoms with Gasteiger partial charge in [0.1, 0.15) is 5.82 Å². The minimum atomic E-state index is 0. The first-order valence-corrected chi connectivity index (χ1v) is 3.30. The molecule has 0 aliphatic rings. The number of nitrogens with zero attached hydrogens (tertiary/aromatic N) is 2. The van der Waals surface area contributed by atoms with Crippen LogP contribution in [-0.2, 0) is 32.9 Å². The van der Waals surface area contributed by atoms with Gasteiger partial charge in [-0.3, -0.25) is 0 Å². The van der Waals surface area contributed by atoms with Crippen molar-refractivity contribution in [2.45, 2.75) is 19.8 Å². The molecule has 0 N–H and O–H groups in total. The molecule has 0 atom stereocenters. The van der Waals surface area contributed by atoms with Gasteiger partial charge in [0.25, 0.3) is 0 Å². The van der Waals surface area contributed by atoms with Crippen molar-refractivity contribution in [1.29, 1.82) is 0 Å². The second kappa shape index (κ2) is 9.50. The molecule has 5 heteroatoms. The average molecular weight is 260 g/mol. The Balaban J connectivity index is -0.000000270. The van der Waals surface area contributed by atoms with Gasteiger partial charge in [-0.15, -0.1) is 0 Å². The van der Waals surface area contributed by atoms with Crippen LogP contribution in [0.25, 0.3) is 0 Å². The quantitative estimate of drug-likeness (QED) is 0.489. The summed E-state index contributed by atoms with van der Waals surface area (Å²) < 4.78 is 2.06. The molecule has 0 spiro atoms. The summed E-state index contributed by atoms with van der Waals surface area (Å²) in [6, 6.07) is 0. The maximum absolute atomic E-state index is 4.17. The van der Waals surface area contributed by atoms with Gasteiger partial charge in [0, 0.05) is 25.9 Å². The van der Waals surface area contributed by atoms with Gasteiger partial charge < -0.3 is 29.4 Å². The third-order valence-corrected chi connectivity index (χ3v) is 1.39. The van der Waals surface area contributed by atoms with Crippen molar-refractivity contribution in [2.24, 2.45) is 7.05 Å². The summed E-state index contributed by atoms with van der Waals surface area (Å²) >= 11 is 0. The van der Waals surface area contributed by atoms with Gasteiger partial charge in [0.15, 0.2) is 0 Å². The van der Waals surface area contributed by atoms with E-state index in [2.05, 4.69) is 16.5 Å². The number of hydrogen-bond donors (Lipinski definition) is 0. The van der Waals surface area contributed by atoms with E-state index < -0.39 is 0 Å². The Kier molecular flexibility index (Phi) is 14.4. The molecule has 1 aromatic rings.